The molecule has 0 aliphatic heterocycles. The average molecular weight is 288 g/mol. The highest BCUT2D eigenvalue weighted by molar-refractivity contribution is 5.39. The molecule has 0 aliphatic carbocycles. The second kappa shape index (κ2) is 7.27. The van der Waals surface area contributed by atoms with Crippen LogP contribution in [-0.4, -0.2) is 11.7 Å². The van der Waals surface area contributed by atoms with Crippen molar-refractivity contribution in [3.05, 3.63) is 46.8 Å². The van der Waals surface area contributed by atoms with E-state index in [0.717, 1.165) is 30.2 Å². The largest absolute Gasteiger partial charge is 0.487 e. The fourth-order valence-electron chi connectivity index (χ4n) is 2.23. The average Bonchev–Trinajstić information content (AvgIpc) is 2.88. The first-order valence-corrected chi connectivity index (χ1v) is 7.49. The van der Waals surface area contributed by atoms with E-state index >= 15 is 0 Å². The molecule has 1 heterocycles. The van der Waals surface area contributed by atoms with Crippen molar-refractivity contribution in [1.82, 2.24) is 10.5 Å². The van der Waals surface area contributed by atoms with Crippen molar-refractivity contribution < 1.29 is 9.26 Å². The summed E-state index contributed by atoms with van der Waals surface area (Å²) in [5, 5.41) is 7.46. The molecule has 0 bridgehead atoms. The molecule has 0 saturated carbocycles. The van der Waals surface area contributed by atoms with Gasteiger partial charge in [-0.15, -0.1) is 0 Å². The van der Waals surface area contributed by atoms with E-state index < -0.39 is 0 Å². The lowest BCUT2D eigenvalue weighted by atomic mass is 10.0. The van der Waals surface area contributed by atoms with E-state index in [1.54, 1.807) is 0 Å². The molecule has 0 amide bonds. The number of nitrogens with one attached hydrogen (secondary N) is 1. The molecule has 0 aliphatic rings. The molecule has 1 atom stereocenters. The first-order chi connectivity index (χ1) is 10.1. The Kier molecular flexibility index (Phi) is 5.39. The SMILES string of the molecule is CCCNC(C)c1ccc(C)cc1OCc1cc(C)on1. The van der Waals surface area contributed by atoms with E-state index in [4.69, 9.17) is 9.26 Å². The standard InChI is InChI=1S/C17H24N2O2/c1-5-8-18-14(4)16-7-6-12(2)9-17(16)20-11-15-10-13(3)21-19-15/h6-7,9-10,14,18H,5,8,11H2,1-4H3. The summed E-state index contributed by atoms with van der Waals surface area (Å²) in [5.41, 5.74) is 3.18. The molecular weight excluding hydrogens is 264 g/mol. The highest BCUT2D eigenvalue weighted by atomic mass is 16.5. The van der Waals surface area contributed by atoms with E-state index in [2.05, 4.69) is 49.4 Å². The fraction of sp³-hybridized carbons (Fsp3) is 0.471. The first kappa shape index (κ1) is 15.6. The van der Waals surface area contributed by atoms with Crippen LogP contribution < -0.4 is 10.1 Å². The van der Waals surface area contributed by atoms with Gasteiger partial charge in [0.05, 0.1) is 0 Å². The summed E-state index contributed by atoms with van der Waals surface area (Å²) >= 11 is 0. The minimum Gasteiger partial charge on any atom is -0.487 e. The quantitative estimate of drug-likeness (QED) is 0.838. The molecule has 4 heteroatoms. The van der Waals surface area contributed by atoms with Gasteiger partial charge in [-0.25, -0.2) is 0 Å². The topological polar surface area (TPSA) is 47.3 Å². The minimum absolute atomic E-state index is 0.264. The van der Waals surface area contributed by atoms with Crippen LogP contribution in [0.3, 0.4) is 0 Å². The third-order valence-electron chi connectivity index (χ3n) is 3.39. The Morgan fingerprint density at radius 2 is 2.10 bits per heavy atom. The molecule has 1 unspecified atom stereocenters. The molecule has 0 saturated heterocycles. The summed E-state index contributed by atoms with van der Waals surface area (Å²) in [6.07, 6.45) is 1.12. The van der Waals surface area contributed by atoms with Gasteiger partial charge in [-0.05, 0) is 45.4 Å². The van der Waals surface area contributed by atoms with Crippen LogP contribution in [-0.2, 0) is 6.61 Å². The first-order valence-electron chi connectivity index (χ1n) is 7.49. The summed E-state index contributed by atoms with van der Waals surface area (Å²) in [6.45, 7) is 9.70. The van der Waals surface area contributed by atoms with Crippen LogP contribution in [0.25, 0.3) is 0 Å². The number of aryl methyl sites for hydroxylation is 2. The predicted molar refractivity (Wildman–Crippen MR) is 83.5 cm³/mol. The van der Waals surface area contributed by atoms with Crippen molar-refractivity contribution in [3.63, 3.8) is 0 Å². The van der Waals surface area contributed by atoms with Crippen molar-refractivity contribution in [2.24, 2.45) is 0 Å². The van der Waals surface area contributed by atoms with Gasteiger partial charge in [-0.2, -0.15) is 0 Å². The van der Waals surface area contributed by atoms with Gasteiger partial charge in [-0.1, -0.05) is 24.2 Å². The lowest BCUT2D eigenvalue weighted by Gasteiger charge is -2.18. The normalized spacial score (nSPS) is 12.4. The van der Waals surface area contributed by atoms with Crippen molar-refractivity contribution in [1.29, 1.82) is 0 Å². The van der Waals surface area contributed by atoms with Crippen LogP contribution in [0.4, 0.5) is 0 Å². The number of rotatable bonds is 7. The number of benzene rings is 1. The Bertz CT molecular complexity index is 578. The van der Waals surface area contributed by atoms with E-state index in [-0.39, 0.29) is 6.04 Å². The third kappa shape index (κ3) is 4.33. The van der Waals surface area contributed by atoms with Crippen LogP contribution in [0.15, 0.2) is 28.8 Å². The fourth-order valence-corrected chi connectivity index (χ4v) is 2.23. The third-order valence-corrected chi connectivity index (χ3v) is 3.39. The summed E-state index contributed by atoms with van der Waals surface area (Å²) in [7, 11) is 0. The van der Waals surface area contributed by atoms with Gasteiger partial charge < -0.3 is 14.6 Å². The lowest BCUT2D eigenvalue weighted by molar-refractivity contribution is 0.282. The molecule has 1 N–H and O–H groups in total. The molecule has 1 aromatic heterocycles. The Morgan fingerprint density at radius 3 is 2.76 bits per heavy atom. The molecule has 2 aromatic rings. The molecular formula is C17H24N2O2. The van der Waals surface area contributed by atoms with Gasteiger partial charge in [0.2, 0.25) is 0 Å². The van der Waals surface area contributed by atoms with E-state index in [1.165, 1.54) is 11.1 Å². The molecule has 4 nitrogen and oxygen atoms in total. The van der Waals surface area contributed by atoms with Crippen LogP contribution in [0.5, 0.6) is 5.75 Å². The zero-order valence-electron chi connectivity index (χ0n) is 13.3. The van der Waals surface area contributed by atoms with Crippen molar-refractivity contribution >= 4 is 0 Å². The molecule has 0 fully saturated rings. The Labute approximate surface area is 126 Å². The number of aromatic nitrogens is 1. The van der Waals surface area contributed by atoms with Crippen molar-refractivity contribution in [3.8, 4) is 5.75 Å². The van der Waals surface area contributed by atoms with Gasteiger partial charge in [0, 0.05) is 17.7 Å². The summed E-state index contributed by atoms with van der Waals surface area (Å²) < 4.78 is 11.0. The van der Waals surface area contributed by atoms with Crippen LogP contribution in [0.2, 0.25) is 0 Å². The minimum atomic E-state index is 0.264. The Morgan fingerprint density at radius 1 is 1.29 bits per heavy atom. The van der Waals surface area contributed by atoms with Gasteiger partial charge in [0.25, 0.3) is 0 Å². The molecule has 1 aromatic carbocycles. The lowest BCUT2D eigenvalue weighted by Crippen LogP contribution is -2.20. The van der Waals surface area contributed by atoms with Gasteiger partial charge in [0.1, 0.15) is 23.8 Å². The van der Waals surface area contributed by atoms with E-state index in [1.807, 2.05) is 13.0 Å². The van der Waals surface area contributed by atoms with Crippen LogP contribution >= 0.6 is 0 Å². The highest BCUT2D eigenvalue weighted by Crippen LogP contribution is 2.27. The number of nitrogens with zero attached hydrogens (tertiary/aromatic N) is 1. The van der Waals surface area contributed by atoms with E-state index in [9.17, 15) is 0 Å². The number of hydrogen-bond donors (Lipinski definition) is 1. The molecule has 21 heavy (non-hydrogen) atoms. The second-order valence-electron chi connectivity index (χ2n) is 5.43. The smallest absolute Gasteiger partial charge is 0.134 e. The Hall–Kier alpha value is -1.81. The van der Waals surface area contributed by atoms with Gasteiger partial charge in [0.15, 0.2) is 0 Å². The van der Waals surface area contributed by atoms with Crippen LogP contribution in [0.1, 0.15) is 48.9 Å². The molecule has 2 rings (SSSR count). The number of ether oxygens (including phenoxy) is 1. The van der Waals surface area contributed by atoms with E-state index in [0.29, 0.717) is 6.61 Å². The maximum atomic E-state index is 5.96. The summed E-state index contributed by atoms with van der Waals surface area (Å²) in [5.74, 6) is 1.71. The Balaban J connectivity index is 2.10. The maximum Gasteiger partial charge on any atom is 0.134 e. The second-order valence-corrected chi connectivity index (χ2v) is 5.43. The monoisotopic (exact) mass is 288 g/mol. The van der Waals surface area contributed by atoms with Gasteiger partial charge in [-0.3, -0.25) is 0 Å². The molecule has 0 spiro atoms. The molecule has 114 valence electrons. The summed E-state index contributed by atoms with van der Waals surface area (Å²) in [6, 6.07) is 8.48. The van der Waals surface area contributed by atoms with Crippen molar-refractivity contribution in [2.75, 3.05) is 6.54 Å². The van der Waals surface area contributed by atoms with Crippen LogP contribution in [0, 0.1) is 13.8 Å². The number of hydrogen-bond acceptors (Lipinski definition) is 4. The zero-order chi connectivity index (χ0) is 15.2. The maximum absolute atomic E-state index is 5.96. The highest BCUT2D eigenvalue weighted by Gasteiger charge is 2.12. The predicted octanol–water partition coefficient (Wildman–Crippen LogP) is 3.93. The zero-order valence-corrected chi connectivity index (χ0v) is 13.3. The van der Waals surface area contributed by atoms with Crippen molar-refractivity contribution in [2.45, 2.75) is 46.8 Å². The molecule has 0 radical (unpaired) electrons. The summed E-state index contributed by atoms with van der Waals surface area (Å²) in [4.78, 5) is 0. The van der Waals surface area contributed by atoms with Gasteiger partial charge >= 0.3 is 0 Å².